The Kier molecular flexibility index (Phi) is 6.47. The number of aromatic nitrogens is 3. The van der Waals surface area contributed by atoms with Gasteiger partial charge in [-0.05, 0) is 42.2 Å². The van der Waals surface area contributed by atoms with Gasteiger partial charge in [-0.3, -0.25) is 4.79 Å². The summed E-state index contributed by atoms with van der Waals surface area (Å²) in [6.45, 7) is 0.211. The van der Waals surface area contributed by atoms with Gasteiger partial charge in [0.1, 0.15) is 10.8 Å². The molecule has 6 nitrogen and oxygen atoms in total. The molecule has 0 unspecified atom stereocenters. The van der Waals surface area contributed by atoms with Crippen molar-refractivity contribution in [2.24, 2.45) is 0 Å². The highest BCUT2D eigenvalue weighted by atomic mass is 35.5. The largest absolute Gasteiger partial charge is 0.471 e. The molecule has 0 aliphatic rings. The summed E-state index contributed by atoms with van der Waals surface area (Å²) in [5.74, 6) is 0.458. The van der Waals surface area contributed by atoms with E-state index in [-0.39, 0.29) is 12.6 Å². The van der Waals surface area contributed by atoms with Gasteiger partial charge in [0.05, 0.1) is 27.9 Å². The number of benzene rings is 1. The highest BCUT2D eigenvalue weighted by molar-refractivity contribution is 8.01. The summed E-state index contributed by atoms with van der Waals surface area (Å²) in [6, 6.07) is 7.13. The maximum Gasteiger partial charge on any atom is 0.260 e. The van der Waals surface area contributed by atoms with Gasteiger partial charge in [0.2, 0.25) is 0 Å². The van der Waals surface area contributed by atoms with Crippen molar-refractivity contribution in [1.82, 2.24) is 14.2 Å². The van der Waals surface area contributed by atoms with Crippen LogP contribution in [0.3, 0.4) is 0 Å². The van der Waals surface area contributed by atoms with Crippen molar-refractivity contribution in [3.05, 3.63) is 47.2 Å². The maximum atomic E-state index is 12.6. The Hall–Kier alpha value is -1.68. The van der Waals surface area contributed by atoms with E-state index >= 15 is 0 Å². The molecule has 0 saturated carbocycles. The van der Waals surface area contributed by atoms with Gasteiger partial charge in [-0.25, -0.2) is 4.68 Å². The zero-order chi connectivity index (χ0) is 18.5. The summed E-state index contributed by atoms with van der Waals surface area (Å²) < 4.78 is 12.4. The Labute approximate surface area is 168 Å². The van der Waals surface area contributed by atoms with Crippen LogP contribution in [-0.4, -0.2) is 32.6 Å². The minimum atomic E-state index is -0.192. The molecule has 26 heavy (non-hydrogen) atoms. The van der Waals surface area contributed by atoms with Gasteiger partial charge in [0, 0.05) is 5.02 Å². The van der Waals surface area contributed by atoms with E-state index < -0.39 is 0 Å². The minimum Gasteiger partial charge on any atom is -0.471 e. The quantitative estimate of drug-likeness (QED) is 0.551. The predicted octanol–water partition coefficient (Wildman–Crippen LogP) is 4.73. The van der Waals surface area contributed by atoms with E-state index in [9.17, 15) is 4.79 Å². The van der Waals surface area contributed by atoms with E-state index in [0.717, 1.165) is 9.24 Å². The fourth-order valence-corrected chi connectivity index (χ4v) is 4.58. The summed E-state index contributed by atoms with van der Waals surface area (Å²) in [6.07, 6.45) is 7.12. The van der Waals surface area contributed by atoms with Crippen LogP contribution in [0.15, 0.2) is 45.9 Å². The second-order valence-electron chi connectivity index (χ2n) is 5.01. The molecule has 0 bridgehead atoms. The van der Waals surface area contributed by atoms with Gasteiger partial charge in [-0.15, -0.1) is 23.5 Å². The van der Waals surface area contributed by atoms with Crippen molar-refractivity contribution >= 4 is 58.3 Å². The van der Waals surface area contributed by atoms with Crippen molar-refractivity contribution in [1.29, 1.82) is 0 Å². The lowest BCUT2D eigenvalue weighted by molar-refractivity contribution is 0.102. The van der Waals surface area contributed by atoms with Crippen LogP contribution in [0.4, 0.5) is 5.69 Å². The third-order valence-electron chi connectivity index (χ3n) is 3.29. The topological polar surface area (TPSA) is 69.0 Å². The van der Waals surface area contributed by atoms with Crippen LogP contribution in [0, 0.1) is 0 Å². The third-order valence-corrected chi connectivity index (χ3v) is 6.26. The number of anilines is 1. The van der Waals surface area contributed by atoms with Crippen LogP contribution < -0.4 is 10.1 Å². The fraction of sp³-hybridized carbons (Fsp3) is 0.188. The summed E-state index contributed by atoms with van der Waals surface area (Å²) in [5, 5.41) is 8.39. The second kappa shape index (κ2) is 8.81. The standard InChI is InChI=1S/C16H15ClN4O2S3/c1-24-15-13(16(25-2)26-20-15)14(22)19-11-7-18-21(8-11)9-23-12-5-3-4-10(17)6-12/h3-8H,9H2,1-2H3,(H,19,22). The molecule has 2 aromatic heterocycles. The summed E-state index contributed by atoms with van der Waals surface area (Å²) in [4.78, 5) is 12.6. The first-order valence-corrected chi connectivity index (χ1v) is 11.0. The van der Waals surface area contributed by atoms with Gasteiger partial charge in [-0.2, -0.15) is 9.47 Å². The fourth-order valence-electron chi connectivity index (χ4n) is 2.12. The molecular formula is C16H15ClN4O2S3. The van der Waals surface area contributed by atoms with Crippen LogP contribution in [0.2, 0.25) is 5.02 Å². The smallest absolute Gasteiger partial charge is 0.260 e. The third kappa shape index (κ3) is 4.53. The molecule has 3 aromatic rings. The highest BCUT2D eigenvalue weighted by Crippen LogP contribution is 2.33. The molecule has 0 aliphatic carbocycles. The summed E-state index contributed by atoms with van der Waals surface area (Å²) in [7, 11) is 0. The maximum absolute atomic E-state index is 12.6. The highest BCUT2D eigenvalue weighted by Gasteiger charge is 2.20. The number of nitrogens with one attached hydrogen (secondary N) is 1. The summed E-state index contributed by atoms with van der Waals surface area (Å²) >= 11 is 10.2. The number of hydrogen-bond acceptors (Lipinski definition) is 7. The van der Waals surface area contributed by atoms with Crippen molar-refractivity contribution in [3.8, 4) is 5.75 Å². The lowest BCUT2D eigenvalue weighted by atomic mass is 10.3. The molecule has 1 N–H and O–H groups in total. The number of halogens is 1. The number of amides is 1. The van der Waals surface area contributed by atoms with Crippen molar-refractivity contribution in [2.75, 3.05) is 17.8 Å². The van der Waals surface area contributed by atoms with Crippen LogP contribution in [0.25, 0.3) is 0 Å². The van der Waals surface area contributed by atoms with Crippen LogP contribution in [0.1, 0.15) is 10.4 Å². The Morgan fingerprint density at radius 2 is 2.23 bits per heavy atom. The first-order valence-electron chi connectivity index (χ1n) is 7.40. The van der Waals surface area contributed by atoms with Gasteiger partial charge < -0.3 is 10.1 Å². The van der Waals surface area contributed by atoms with Crippen molar-refractivity contribution < 1.29 is 9.53 Å². The number of ether oxygens (including phenoxy) is 1. The molecule has 0 spiro atoms. The molecule has 1 aromatic carbocycles. The van der Waals surface area contributed by atoms with E-state index in [0.29, 0.717) is 22.0 Å². The average Bonchev–Trinajstić information content (AvgIpc) is 3.26. The number of rotatable bonds is 7. The normalized spacial score (nSPS) is 10.7. The van der Waals surface area contributed by atoms with E-state index in [2.05, 4.69) is 14.8 Å². The summed E-state index contributed by atoms with van der Waals surface area (Å²) in [5.41, 5.74) is 1.20. The van der Waals surface area contributed by atoms with E-state index in [1.165, 1.54) is 35.1 Å². The van der Waals surface area contributed by atoms with Crippen LogP contribution in [-0.2, 0) is 6.73 Å². The Morgan fingerprint density at radius 3 is 2.96 bits per heavy atom. The molecule has 3 rings (SSSR count). The van der Waals surface area contributed by atoms with Crippen molar-refractivity contribution in [3.63, 3.8) is 0 Å². The van der Waals surface area contributed by atoms with Gasteiger partial charge in [-0.1, -0.05) is 17.7 Å². The first-order chi connectivity index (χ1) is 12.6. The van der Waals surface area contributed by atoms with Gasteiger partial charge in [0.15, 0.2) is 6.73 Å². The number of nitrogens with zero attached hydrogens (tertiary/aromatic N) is 3. The zero-order valence-electron chi connectivity index (χ0n) is 13.9. The van der Waals surface area contributed by atoms with E-state index in [4.69, 9.17) is 16.3 Å². The van der Waals surface area contributed by atoms with E-state index in [1.807, 2.05) is 24.6 Å². The number of carbonyl (C=O) groups is 1. The molecule has 136 valence electrons. The minimum absolute atomic E-state index is 0.192. The van der Waals surface area contributed by atoms with Gasteiger partial charge >= 0.3 is 0 Å². The lowest BCUT2D eigenvalue weighted by Gasteiger charge is -2.06. The Balaban J connectivity index is 1.65. The molecule has 0 saturated heterocycles. The molecule has 0 fully saturated rings. The molecule has 10 heteroatoms. The monoisotopic (exact) mass is 426 g/mol. The molecule has 1 amide bonds. The lowest BCUT2D eigenvalue weighted by Crippen LogP contribution is -2.12. The number of carbonyl (C=O) groups excluding carboxylic acids is 1. The van der Waals surface area contributed by atoms with Crippen LogP contribution in [0.5, 0.6) is 5.75 Å². The Morgan fingerprint density at radius 1 is 1.38 bits per heavy atom. The predicted molar refractivity (Wildman–Crippen MR) is 108 cm³/mol. The molecular weight excluding hydrogens is 412 g/mol. The molecule has 0 atom stereocenters. The van der Waals surface area contributed by atoms with Crippen LogP contribution >= 0.6 is 46.7 Å². The Bertz CT molecular complexity index is 891. The second-order valence-corrected chi connectivity index (χ2v) is 8.09. The first kappa shape index (κ1) is 19.1. The average molecular weight is 427 g/mol. The van der Waals surface area contributed by atoms with Gasteiger partial charge in [0.25, 0.3) is 5.91 Å². The number of hydrogen-bond donors (Lipinski definition) is 1. The molecule has 2 heterocycles. The van der Waals surface area contributed by atoms with E-state index in [1.54, 1.807) is 29.2 Å². The zero-order valence-corrected chi connectivity index (χ0v) is 17.1. The molecule has 0 aliphatic heterocycles. The number of thioether (sulfide) groups is 2. The van der Waals surface area contributed by atoms with Crippen molar-refractivity contribution in [2.45, 2.75) is 16.0 Å². The molecule has 0 radical (unpaired) electrons. The SMILES string of the molecule is CSc1nsc(SC)c1C(=O)Nc1cnn(COc2cccc(Cl)c2)c1.